The van der Waals surface area contributed by atoms with E-state index in [1.165, 1.54) is 95.9 Å². The number of hydrogen-bond donors (Lipinski definition) is 0. The van der Waals surface area contributed by atoms with Gasteiger partial charge in [0.1, 0.15) is 0 Å². The monoisotopic (exact) mass is 380 g/mol. The van der Waals surface area contributed by atoms with Gasteiger partial charge in [0, 0.05) is 11.6 Å². The van der Waals surface area contributed by atoms with E-state index in [1.54, 1.807) is 0 Å². The third-order valence-electron chi connectivity index (χ3n) is 6.47. The van der Waals surface area contributed by atoms with Gasteiger partial charge in [-0.1, -0.05) is 104 Å². The van der Waals surface area contributed by atoms with Crippen LogP contribution in [0.1, 0.15) is 118 Å². The summed E-state index contributed by atoms with van der Waals surface area (Å²) >= 11 is 0. The smallest absolute Gasteiger partial charge is 0.186 e. The molecule has 0 bridgehead atoms. The summed E-state index contributed by atoms with van der Waals surface area (Å²) in [6.07, 6.45) is 24.5. The van der Waals surface area contributed by atoms with Crippen molar-refractivity contribution in [3.63, 3.8) is 0 Å². The fourth-order valence-electron chi connectivity index (χ4n) is 4.55. The van der Waals surface area contributed by atoms with Gasteiger partial charge in [-0.05, 0) is 37.6 Å². The van der Waals surface area contributed by atoms with Crippen molar-refractivity contribution in [3.05, 3.63) is 12.2 Å². The van der Waals surface area contributed by atoms with E-state index < -0.39 is 9.04 Å². The van der Waals surface area contributed by atoms with Crippen molar-refractivity contribution in [1.82, 2.24) is 0 Å². The van der Waals surface area contributed by atoms with Gasteiger partial charge in [0.2, 0.25) is 0 Å². The van der Waals surface area contributed by atoms with Crippen LogP contribution in [0.3, 0.4) is 0 Å². The summed E-state index contributed by atoms with van der Waals surface area (Å²) < 4.78 is 6.43. The first kappa shape index (κ1) is 24.0. The molecule has 2 heteroatoms. The van der Waals surface area contributed by atoms with Crippen LogP contribution < -0.4 is 0 Å². The van der Waals surface area contributed by atoms with Gasteiger partial charge >= 0.3 is 0 Å². The number of unbranched alkanes of at least 4 members (excludes halogenated alkanes) is 9. The van der Waals surface area contributed by atoms with E-state index >= 15 is 0 Å². The van der Waals surface area contributed by atoms with Crippen LogP contribution in [0, 0.1) is 5.92 Å². The topological polar surface area (TPSA) is 9.23 Å². The Morgan fingerprint density at radius 1 is 0.885 bits per heavy atom. The van der Waals surface area contributed by atoms with Crippen LogP contribution in [0.4, 0.5) is 0 Å². The molecule has 0 N–H and O–H groups in total. The highest BCUT2D eigenvalue weighted by molar-refractivity contribution is 6.56. The normalized spacial score (nSPS) is 20.7. The molecule has 1 saturated heterocycles. The minimum atomic E-state index is -1.13. The van der Waals surface area contributed by atoms with E-state index in [0.717, 1.165) is 12.5 Å². The lowest BCUT2D eigenvalue weighted by Gasteiger charge is -2.42. The minimum Gasteiger partial charge on any atom is -0.419 e. The van der Waals surface area contributed by atoms with Crippen molar-refractivity contribution >= 4 is 9.04 Å². The first-order valence-electron chi connectivity index (χ1n) is 12.0. The molecule has 0 aromatic carbocycles. The SMILES string of the molecule is CCCCCCCCCCC=CC(CCCC)(C(C)C)[SiH]1CCCCO1. The van der Waals surface area contributed by atoms with E-state index in [2.05, 4.69) is 39.8 Å². The van der Waals surface area contributed by atoms with Gasteiger partial charge in [0.15, 0.2) is 9.04 Å². The Morgan fingerprint density at radius 3 is 2.12 bits per heavy atom. The maximum atomic E-state index is 6.43. The fourth-order valence-corrected chi connectivity index (χ4v) is 8.30. The predicted molar refractivity (Wildman–Crippen MR) is 121 cm³/mol. The average Bonchev–Trinajstić information content (AvgIpc) is 2.66. The highest BCUT2D eigenvalue weighted by atomic mass is 28.3. The lowest BCUT2D eigenvalue weighted by atomic mass is 9.88. The molecule has 1 rings (SSSR count). The van der Waals surface area contributed by atoms with E-state index in [9.17, 15) is 0 Å². The largest absolute Gasteiger partial charge is 0.419 e. The molecule has 1 nitrogen and oxygen atoms in total. The van der Waals surface area contributed by atoms with Crippen LogP contribution in [0.5, 0.6) is 0 Å². The van der Waals surface area contributed by atoms with Crippen LogP contribution in [-0.2, 0) is 4.43 Å². The van der Waals surface area contributed by atoms with Crippen molar-refractivity contribution in [2.24, 2.45) is 5.92 Å². The molecule has 0 amide bonds. The molecular formula is C24H48OSi. The number of rotatable bonds is 15. The van der Waals surface area contributed by atoms with Crippen LogP contribution in [0.25, 0.3) is 0 Å². The molecule has 0 aromatic heterocycles. The highest BCUT2D eigenvalue weighted by Crippen LogP contribution is 2.48. The third-order valence-corrected chi connectivity index (χ3v) is 10.4. The van der Waals surface area contributed by atoms with Gasteiger partial charge in [-0.3, -0.25) is 0 Å². The Bertz CT molecular complexity index is 346. The van der Waals surface area contributed by atoms with Crippen molar-refractivity contribution in [3.8, 4) is 0 Å². The quantitative estimate of drug-likeness (QED) is 0.158. The van der Waals surface area contributed by atoms with Crippen LogP contribution in [-0.4, -0.2) is 15.6 Å². The molecule has 154 valence electrons. The lowest BCUT2D eigenvalue weighted by Crippen LogP contribution is -2.40. The van der Waals surface area contributed by atoms with Crippen molar-refractivity contribution in [1.29, 1.82) is 0 Å². The number of hydrogen-bond acceptors (Lipinski definition) is 1. The Kier molecular flexibility index (Phi) is 13.7. The summed E-state index contributed by atoms with van der Waals surface area (Å²) in [5.74, 6) is 0.721. The van der Waals surface area contributed by atoms with Gasteiger partial charge in [0.25, 0.3) is 0 Å². The van der Waals surface area contributed by atoms with Gasteiger partial charge in [-0.2, -0.15) is 0 Å². The van der Waals surface area contributed by atoms with Gasteiger partial charge in [-0.15, -0.1) is 0 Å². The Morgan fingerprint density at radius 2 is 1.54 bits per heavy atom. The van der Waals surface area contributed by atoms with E-state index in [-0.39, 0.29) is 0 Å². The molecule has 1 fully saturated rings. The maximum absolute atomic E-state index is 6.43. The molecule has 1 heterocycles. The van der Waals surface area contributed by atoms with Gasteiger partial charge in [0.05, 0.1) is 0 Å². The number of allylic oxidation sites excluding steroid dienone is 2. The zero-order valence-corrected chi connectivity index (χ0v) is 19.7. The molecule has 0 aromatic rings. The lowest BCUT2D eigenvalue weighted by molar-refractivity contribution is 0.251. The van der Waals surface area contributed by atoms with Gasteiger partial charge < -0.3 is 4.43 Å². The molecule has 0 radical (unpaired) electrons. The first-order valence-corrected chi connectivity index (χ1v) is 13.8. The highest BCUT2D eigenvalue weighted by Gasteiger charge is 2.41. The second-order valence-electron chi connectivity index (χ2n) is 8.89. The molecular weight excluding hydrogens is 332 g/mol. The van der Waals surface area contributed by atoms with Crippen LogP contribution >= 0.6 is 0 Å². The summed E-state index contributed by atoms with van der Waals surface area (Å²) in [6.45, 7) is 10.6. The molecule has 2 unspecified atom stereocenters. The average molecular weight is 381 g/mol. The Hall–Kier alpha value is -0.0831. The van der Waals surface area contributed by atoms with Crippen LogP contribution in [0.2, 0.25) is 11.1 Å². The first-order chi connectivity index (χ1) is 12.7. The Labute approximate surface area is 167 Å². The summed E-state index contributed by atoms with van der Waals surface area (Å²) in [6, 6.07) is 1.39. The summed E-state index contributed by atoms with van der Waals surface area (Å²) in [5, 5.41) is 0.399. The van der Waals surface area contributed by atoms with Crippen LogP contribution in [0.15, 0.2) is 12.2 Å². The summed E-state index contributed by atoms with van der Waals surface area (Å²) in [4.78, 5) is 0. The molecule has 26 heavy (non-hydrogen) atoms. The molecule has 1 aliphatic heterocycles. The molecule has 2 atom stereocenters. The van der Waals surface area contributed by atoms with Crippen molar-refractivity contribution in [2.75, 3.05) is 6.61 Å². The van der Waals surface area contributed by atoms with Crippen molar-refractivity contribution in [2.45, 2.75) is 129 Å². The maximum Gasteiger partial charge on any atom is 0.186 e. The van der Waals surface area contributed by atoms with E-state index in [4.69, 9.17) is 4.43 Å². The van der Waals surface area contributed by atoms with Crippen molar-refractivity contribution < 1.29 is 4.43 Å². The summed E-state index contributed by atoms with van der Waals surface area (Å²) in [7, 11) is -1.13. The fraction of sp³-hybridized carbons (Fsp3) is 0.917. The third kappa shape index (κ3) is 8.74. The molecule has 1 aliphatic rings. The molecule has 0 aliphatic carbocycles. The zero-order chi connectivity index (χ0) is 19.1. The predicted octanol–water partition coefficient (Wildman–Crippen LogP) is 8.19. The van der Waals surface area contributed by atoms with Gasteiger partial charge in [-0.25, -0.2) is 0 Å². The summed E-state index contributed by atoms with van der Waals surface area (Å²) in [5.41, 5.74) is 0. The second kappa shape index (κ2) is 14.9. The Balaban J connectivity index is 2.44. The zero-order valence-electron chi connectivity index (χ0n) is 18.5. The minimum absolute atomic E-state index is 0.399. The molecule has 0 saturated carbocycles. The van der Waals surface area contributed by atoms with E-state index in [0.29, 0.717) is 5.04 Å². The van der Waals surface area contributed by atoms with E-state index in [1.807, 2.05) is 0 Å². The standard InChI is InChI=1S/C24H48OSi/c1-5-7-9-10-11-12-13-14-15-16-20-24(23(3)4,19-8-6-2)26-22-18-17-21-25-26/h16,20,23,26H,5-15,17-19,21-22H2,1-4H3. The molecule has 0 spiro atoms. The second-order valence-corrected chi connectivity index (χ2v) is 11.9.